The van der Waals surface area contributed by atoms with E-state index in [0.29, 0.717) is 14.3 Å². The molecule has 0 spiro atoms. The Kier molecular flexibility index (Phi) is 6.31. The van der Waals surface area contributed by atoms with Gasteiger partial charge in [0, 0.05) is 22.5 Å². The second kappa shape index (κ2) is 8.71. The first kappa shape index (κ1) is 20.3. The number of aliphatic imine (C=N–C) groups is 1. The number of hydrogen-bond acceptors (Lipinski definition) is 2. The number of rotatable bonds is 6. The van der Waals surface area contributed by atoms with Gasteiger partial charge >= 0.3 is 0 Å². The lowest BCUT2D eigenvalue weighted by atomic mass is 9.95. The first-order chi connectivity index (χ1) is 13.4. The molecule has 144 valence electrons. The van der Waals surface area contributed by atoms with Crippen LogP contribution in [-0.4, -0.2) is 11.3 Å². The molecule has 0 aliphatic rings. The smallest absolute Gasteiger partial charge is 0.119 e. The highest BCUT2D eigenvalue weighted by molar-refractivity contribution is 7.48. The molecular formula is C25H28NOP. The average Bonchev–Trinajstić information content (AvgIpc) is 2.70. The predicted octanol–water partition coefficient (Wildman–Crippen LogP) is 6.39. The van der Waals surface area contributed by atoms with Crippen LogP contribution in [0.3, 0.4) is 0 Å². The minimum Gasteiger partial charge on any atom is -0.508 e. The van der Waals surface area contributed by atoms with Crippen LogP contribution in [0.25, 0.3) is 0 Å². The topological polar surface area (TPSA) is 32.6 Å². The van der Waals surface area contributed by atoms with Crippen LogP contribution in [0.15, 0.2) is 71.7 Å². The number of para-hydroxylation sites is 1. The van der Waals surface area contributed by atoms with Crippen LogP contribution < -0.4 is 5.30 Å². The van der Waals surface area contributed by atoms with Crippen LogP contribution in [-0.2, 0) is 5.16 Å². The van der Waals surface area contributed by atoms with Crippen molar-refractivity contribution < 1.29 is 5.11 Å². The van der Waals surface area contributed by atoms with Gasteiger partial charge in [-0.2, -0.15) is 0 Å². The summed E-state index contributed by atoms with van der Waals surface area (Å²) in [6, 6.07) is 22.5. The van der Waals surface area contributed by atoms with E-state index in [4.69, 9.17) is 0 Å². The van der Waals surface area contributed by atoms with Gasteiger partial charge in [-0.05, 0) is 49.8 Å². The Morgan fingerprint density at radius 3 is 2.36 bits per heavy atom. The fourth-order valence-corrected chi connectivity index (χ4v) is 4.85. The highest BCUT2D eigenvalue weighted by atomic mass is 31.1. The lowest BCUT2D eigenvalue weighted by molar-refractivity contribution is 0.456. The molecule has 0 aromatic heterocycles. The standard InChI is InChI=1S/C25H28NOP/c1-5-25(4,22-16-19(3)11-13-23(22)27)28-24-14-12-18(2)15-20(24)17-26-21-9-7-6-8-10-21/h6-17,27-28H,5H2,1-4H3. The van der Waals surface area contributed by atoms with E-state index in [-0.39, 0.29) is 5.16 Å². The summed E-state index contributed by atoms with van der Waals surface area (Å²) in [5.74, 6) is 0.383. The maximum Gasteiger partial charge on any atom is 0.119 e. The Balaban J connectivity index is 1.99. The third kappa shape index (κ3) is 4.69. The first-order valence-electron chi connectivity index (χ1n) is 9.69. The fourth-order valence-electron chi connectivity index (χ4n) is 3.30. The summed E-state index contributed by atoms with van der Waals surface area (Å²) in [6.07, 6.45) is 2.92. The summed E-state index contributed by atoms with van der Waals surface area (Å²) in [7, 11) is 0.530. The summed E-state index contributed by atoms with van der Waals surface area (Å²) in [5.41, 5.74) is 5.52. The molecular weight excluding hydrogens is 361 g/mol. The minimum atomic E-state index is -0.124. The van der Waals surface area contributed by atoms with Gasteiger partial charge in [-0.3, -0.25) is 4.99 Å². The normalized spacial score (nSPS) is 14.0. The molecule has 0 amide bonds. The molecule has 0 saturated carbocycles. The molecule has 0 aliphatic heterocycles. The number of phenols is 1. The molecule has 0 fully saturated rings. The lowest BCUT2D eigenvalue weighted by Gasteiger charge is -2.31. The van der Waals surface area contributed by atoms with Crippen LogP contribution in [0.4, 0.5) is 5.69 Å². The SMILES string of the molecule is CCC(C)(Pc1ccc(C)cc1C=Nc1ccccc1)c1cc(C)ccc1O. The Bertz CT molecular complexity index is 981. The van der Waals surface area contributed by atoms with Crippen LogP contribution in [0.5, 0.6) is 5.75 Å². The monoisotopic (exact) mass is 389 g/mol. The van der Waals surface area contributed by atoms with Crippen molar-refractivity contribution in [2.45, 2.75) is 39.3 Å². The maximum absolute atomic E-state index is 10.5. The van der Waals surface area contributed by atoms with Gasteiger partial charge in [0.25, 0.3) is 0 Å². The molecule has 3 rings (SSSR count). The van der Waals surface area contributed by atoms with Gasteiger partial charge < -0.3 is 5.11 Å². The van der Waals surface area contributed by atoms with Gasteiger partial charge in [0.2, 0.25) is 0 Å². The van der Waals surface area contributed by atoms with Gasteiger partial charge in [-0.15, -0.1) is 0 Å². The zero-order chi connectivity index (χ0) is 20.1. The van der Waals surface area contributed by atoms with E-state index in [0.717, 1.165) is 23.2 Å². The number of aryl methyl sites for hydroxylation is 2. The molecule has 28 heavy (non-hydrogen) atoms. The van der Waals surface area contributed by atoms with Crippen LogP contribution in [0.2, 0.25) is 0 Å². The second-order valence-corrected chi connectivity index (χ2v) is 9.41. The van der Waals surface area contributed by atoms with Crippen LogP contribution in [0.1, 0.15) is 42.5 Å². The molecule has 0 heterocycles. The Morgan fingerprint density at radius 1 is 0.964 bits per heavy atom. The van der Waals surface area contributed by atoms with Crippen LogP contribution in [0, 0.1) is 13.8 Å². The lowest BCUT2D eigenvalue weighted by Crippen LogP contribution is -2.20. The number of aromatic hydroxyl groups is 1. The first-order valence-corrected chi connectivity index (χ1v) is 10.7. The molecule has 0 saturated heterocycles. The van der Waals surface area contributed by atoms with E-state index in [9.17, 15) is 5.11 Å². The number of phenolic OH excluding ortho intramolecular Hbond substituents is 1. The summed E-state index contributed by atoms with van der Waals surface area (Å²) >= 11 is 0. The van der Waals surface area contributed by atoms with Crippen molar-refractivity contribution in [3.63, 3.8) is 0 Å². The van der Waals surface area contributed by atoms with Crippen molar-refractivity contribution >= 4 is 25.8 Å². The van der Waals surface area contributed by atoms with Crippen LogP contribution >= 0.6 is 8.58 Å². The fraction of sp³-hybridized carbons (Fsp3) is 0.240. The van der Waals surface area contributed by atoms with Gasteiger partial charge in [0.1, 0.15) is 5.75 Å². The molecule has 0 bridgehead atoms. The highest BCUT2D eigenvalue weighted by Gasteiger charge is 2.29. The third-order valence-electron chi connectivity index (χ3n) is 5.18. The van der Waals surface area contributed by atoms with Crippen molar-refractivity contribution in [1.29, 1.82) is 0 Å². The zero-order valence-corrected chi connectivity index (χ0v) is 18.0. The second-order valence-electron chi connectivity index (χ2n) is 7.52. The minimum absolute atomic E-state index is 0.124. The van der Waals surface area contributed by atoms with Crippen molar-refractivity contribution in [2.75, 3.05) is 0 Å². The number of nitrogens with zero attached hydrogens (tertiary/aromatic N) is 1. The highest BCUT2D eigenvalue weighted by Crippen LogP contribution is 2.47. The van der Waals surface area contributed by atoms with E-state index in [1.807, 2.05) is 48.7 Å². The molecule has 3 heteroatoms. The zero-order valence-electron chi connectivity index (χ0n) is 17.0. The number of hydrogen-bond donors (Lipinski definition) is 1. The Morgan fingerprint density at radius 2 is 1.64 bits per heavy atom. The molecule has 2 nitrogen and oxygen atoms in total. The molecule has 2 atom stereocenters. The van der Waals surface area contributed by atoms with Gasteiger partial charge in [-0.25, -0.2) is 0 Å². The summed E-state index contributed by atoms with van der Waals surface area (Å²) in [4.78, 5) is 4.67. The maximum atomic E-state index is 10.5. The molecule has 3 aromatic carbocycles. The third-order valence-corrected chi connectivity index (χ3v) is 7.08. The molecule has 2 unspecified atom stereocenters. The van der Waals surface area contributed by atoms with Gasteiger partial charge in [0.15, 0.2) is 0 Å². The van der Waals surface area contributed by atoms with E-state index in [2.05, 4.69) is 57.0 Å². The van der Waals surface area contributed by atoms with Gasteiger partial charge in [-0.1, -0.05) is 76.0 Å². The average molecular weight is 389 g/mol. The largest absolute Gasteiger partial charge is 0.508 e. The Labute approximate surface area is 170 Å². The van der Waals surface area contributed by atoms with E-state index in [1.54, 1.807) is 0 Å². The number of benzene rings is 3. The van der Waals surface area contributed by atoms with E-state index >= 15 is 0 Å². The predicted molar refractivity (Wildman–Crippen MR) is 123 cm³/mol. The molecule has 1 N–H and O–H groups in total. The summed E-state index contributed by atoms with van der Waals surface area (Å²) < 4.78 is 0. The van der Waals surface area contributed by atoms with Gasteiger partial charge in [0.05, 0.1) is 5.69 Å². The quantitative estimate of drug-likeness (QED) is 0.384. The van der Waals surface area contributed by atoms with Crippen molar-refractivity contribution in [3.8, 4) is 5.75 Å². The summed E-state index contributed by atoms with van der Waals surface area (Å²) in [6.45, 7) is 8.63. The van der Waals surface area contributed by atoms with Crippen molar-refractivity contribution in [2.24, 2.45) is 4.99 Å². The molecule has 3 aromatic rings. The molecule has 0 radical (unpaired) electrons. The molecule has 0 aliphatic carbocycles. The van der Waals surface area contributed by atoms with E-state index in [1.165, 1.54) is 16.4 Å². The van der Waals surface area contributed by atoms with E-state index < -0.39 is 0 Å². The van der Waals surface area contributed by atoms with Crippen molar-refractivity contribution in [3.05, 3.63) is 89.0 Å². The Hall–Kier alpha value is -2.44. The summed E-state index contributed by atoms with van der Waals surface area (Å²) in [5, 5.41) is 11.7. The van der Waals surface area contributed by atoms with Crippen molar-refractivity contribution in [1.82, 2.24) is 0 Å².